The molecule has 0 saturated carbocycles. The summed E-state index contributed by atoms with van der Waals surface area (Å²) in [5.41, 5.74) is 4.49. The molecule has 1 aliphatic heterocycles. The number of rotatable bonds is 14. The van der Waals surface area contributed by atoms with Gasteiger partial charge >= 0.3 is 0 Å². The number of aliphatic hydroxyl groups is 3. The van der Waals surface area contributed by atoms with E-state index in [9.17, 15) is 10.2 Å². The van der Waals surface area contributed by atoms with Crippen LogP contribution < -0.4 is 14.8 Å². The maximum atomic E-state index is 9.66. The van der Waals surface area contributed by atoms with E-state index in [1.807, 2.05) is 24.3 Å². The molecule has 4 N–H and O–H groups in total. The zero-order valence-electron chi connectivity index (χ0n) is 20.5. The summed E-state index contributed by atoms with van der Waals surface area (Å²) in [5.74, 6) is 1.77. The highest BCUT2D eigenvalue weighted by atomic mass is 16.5. The summed E-state index contributed by atoms with van der Waals surface area (Å²) in [7, 11) is 0. The van der Waals surface area contributed by atoms with E-state index in [0.717, 1.165) is 72.6 Å². The van der Waals surface area contributed by atoms with Gasteiger partial charge in [0, 0.05) is 26.2 Å². The minimum absolute atomic E-state index is 0.176. The molecule has 2 aromatic carbocycles. The Labute approximate surface area is 203 Å². The lowest BCUT2D eigenvalue weighted by molar-refractivity contribution is 0.0942. The first-order valence-electron chi connectivity index (χ1n) is 12.3. The van der Waals surface area contributed by atoms with Crippen molar-refractivity contribution in [1.82, 2.24) is 10.2 Å². The van der Waals surface area contributed by atoms with Crippen molar-refractivity contribution in [2.24, 2.45) is 0 Å². The first-order valence-corrected chi connectivity index (χ1v) is 12.3. The van der Waals surface area contributed by atoms with Gasteiger partial charge < -0.3 is 35.0 Å². The van der Waals surface area contributed by atoms with Crippen LogP contribution in [0.4, 0.5) is 0 Å². The van der Waals surface area contributed by atoms with Crippen molar-refractivity contribution in [2.75, 3.05) is 52.5 Å². The molecule has 2 atom stereocenters. The standard InChI is InChI=1S/C27H40N2O5/c1-20-24(7-3-9-26(20)33-15-5-12-28-17-23(32)19-30)25-8-4-10-27(21(25)2)34-16-6-13-29-14-11-22(31)18-29/h3-4,7-10,22-23,28,30-32H,5-6,11-19H2,1-2H3/t22-,23?/m1/s1. The maximum Gasteiger partial charge on any atom is 0.122 e. The number of hydrogen-bond donors (Lipinski definition) is 4. The molecule has 1 heterocycles. The van der Waals surface area contributed by atoms with E-state index in [2.05, 4.69) is 36.2 Å². The Bertz CT molecular complexity index is 891. The van der Waals surface area contributed by atoms with Gasteiger partial charge in [-0.2, -0.15) is 0 Å². The van der Waals surface area contributed by atoms with Crippen LogP contribution in [0.2, 0.25) is 0 Å². The monoisotopic (exact) mass is 472 g/mol. The minimum atomic E-state index is -0.720. The predicted molar refractivity (Wildman–Crippen MR) is 135 cm³/mol. The van der Waals surface area contributed by atoms with Crippen molar-refractivity contribution >= 4 is 0 Å². The molecular weight excluding hydrogens is 432 g/mol. The number of hydrogen-bond acceptors (Lipinski definition) is 7. The number of likely N-dealkylation sites (tertiary alicyclic amines) is 1. The number of benzene rings is 2. The van der Waals surface area contributed by atoms with Crippen LogP contribution in [0.25, 0.3) is 11.1 Å². The molecule has 1 fully saturated rings. The maximum absolute atomic E-state index is 9.66. The Morgan fingerprint density at radius 1 is 1.00 bits per heavy atom. The molecule has 0 radical (unpaired) electrons. The van der Waals surface area contributed by atoms with Crippen molar-refractivity contribution in [1.29, 1.82) is 0 Å². The Morgan fingerprint density at radius 2 is 1.62 bits per heavy atom. The molecule has 0 bridgehead atoms. The molecule has 0 spiro atoms. The predicted octanol–water partition coefficient (Wildman–Crippen LogP) is 2.52. The van der Waals surface area contributed by atoms with E-state index in [0.29, 0.717) is 26.3 Å². The third kappa shape index (κ3) is 7.68. The number of nitrogens with zero attached hydrogens (tertiary/aromatic N) is 1. The van der Waals surface area contributed by atoms with E-state index in [4.69, 9.17) is 14.6 Å². The van der Waals surface area contributed by atoms with Crippen molar-refractivity contribution in [3.8, 4) is 22.6 Å². The van der Waals surface area contributed by atoms with E-state index >= 15 is 0 Å². The average molecular weight is 473 g/mol. The summed E-state index contributed by atoms with van der Waals surface area (Å²) < 4.78 is 12.2. The fourth-order valence-corrected chi connectivity index (χ4v) is 4.32. The summed E-state index contributed by atoms with van der Waals surface area (Å²) in [6.07, 6.45) is 1.72. The topological polar surface area (TPSA) is 94.4 Å². The van der Waals surface area contributed by atoms with Gasteiger partial charge in [0.1, 0.15) is 11.5 Å². The smallest absolute Gasteiger partial charge is 0.122 e. The van der Waals surface area contributed by atoms with Gasteiger partial charge in [0.2, 0.25) is 0 Å². The van der Waals surface area contributed by atoms with E-state index in [-0.39, 0.29) is 12.7 Å². The summed E-state index contributed by atoms with van der Waals surface area (Å²) in [6, 6.07) is 12.3. The van der Waals surface area contributed by atoms with Gasteiger partial charge in [0.05, 0.1) is 32.0 Å². The molecule has 0 aliphatic carbocycles. The van der Waals surface area contributed by atoms with Gasteiger partial charge in [-0.3, -0.25) is 0 Å². The lowest BCUT2D eigenvalue weighted by atomic mass is 9.95. The van der Waals surface area contributed by atoms with Crippen LogP contribution in [0.15, 0.2) is 36.4 Å². The van der Waals surface area contributed by atoms with Crippen LogP contribution in [0.1, 0.15) is 30.4 Å². The van der Waals surface area contributed by atoms with Gasteiger partial charge in [0.15, 0.2) is 0 Å². The van der Waals surface area contributed by atoms with Crippen LogP contribution in [-0.4, -0.2) is 85.0 Å². The van der Waals surface area contributed by atoms with Crippen molar-refractivity contribution < 1.29 is 24.8 Å². The molecule has 188 valence electrons. The lowest BCUT2D eigenvalue weighted by Gasteiger charge is -2.18. The quantitative estimate of drug-likeness (QED) is 0.314. The molecular formula is C27H40N2O5. The summed E-state index contributed by atoms with van der Waals surface area (Å²) >= 11 is 0. The van der Waals surface area contributed by atoms with Crippen LogP contribution in [0.3, 0.4) is 0 Å². The normalized spacial score (nSPS) is 17.1. The largest absolute Gasteiger partial charge is 0.493 e. The fraction of sp³-hybridized carbons (Fsp3) is 0.556. The molecule has 1 aliphatic rings. The second kappa shape index (κ2) is 13.7. The van der Waals surface area contributed by atoms with Crippen molar-refractivity contribution in [3.05, 3.63) is 47.5 Å². The van der Waals surface area contributed by atoms with Crippen LogP contribution in [0.5, 0.6) is 11.5 Å². The van der Waals surface area contributed by atoms with Gasteiger partial charge in [-0.1, -0.05) is 24.3 Å². The number of nitrogens with one attached hydrogen (secondary N) is 1. The Morgan fingerprint density at radius 3 is 2.18 bits per heavy atom. The minimum Gasteiger partial charge on any atom is -0.493 e. The number of ether oxygens (including phenoxy) is 2. The molecule has 0 aromatic heterocycles. The fourth-order valence-electron chi connectivity index (χ4n) is 4.32. The van der Waals surface area contributed by atoms with Gasteiger partial charge in [-0.25, -0.2) is 0 Å². The number of β-amino-alcohol motifs (C(OH)–C–C–N with tert-alkyl or cyclic N) is 1. The number of aliphatic hydroxyl groups excluding tert-OH is 3. The van der Waals surface area contributed by atoms with Crippen molar-refractivity contribution in [3.63, 3.8) is 0 Å². The van der Waals surface area contributed by atoms with E-state index < -0.39 is 6.10 Å². The molecule has 1 unspecified atom stereocenters. The summed E-state index contributed by atoms with van der Waals surface area (Å²) in [6.45, 7) is 8.96. The zero-order chi connectivity index (χ0) is 24.3. The van der Waals surface area contributed by atoms with Crippen LogP contribution in [-0.2, 0) is 0 Å². The first kappa shape index (κ1) is 26.4. The van der Waals surface area contributed by atoms with Gasteiger partial charge in [-0.15, -0.1) is 0 Å². The van der Waals surface area contributed by atoms with Crippen LogP contribution >= 0.6 is 0 Å². The molecule has 1 saturated heterocycles. The SMILES string of the molecule is Cc1c(OCCCNCC(O)CO)cccc1-c1cccc(OCCCN2CC[C@@H](O)C2)c1C. The molecule has 0 amide bonds. The lowest BCUT2D eigenvalue weighted by Crippen LogP contribution is -2.30. The Kier molecular flexibility index (Phi) is 10.6. The Hall–Kier alpha value is -2.16. The second-order valence-electron chi connectivity index (χ2n) is 9.05. The first-order chi connectivity index (χ1) is 16.5. The van der Waals surface area contributed by atoms with E-state index in [1.54, 1.807) is 0 Å². The average Bonchev–Trinajstić information content (AvgIpc) is 3.25. The van der Waals surface area contributed by atoms with E-state index in [1.165, 1.54) is 0 Å². The highest BCUT2D eigenvalue weighted by Crippen LogP contribution is 2.35. The summed E-state index contributed by atoms with van der Waals surface area (Å²) in [4.78, 5) is 2.29. The molecule has 2 aromatic rings. The third-order valence-electron chi connectivity index (χ3n) is 6.33. The molecule has 7 heteroatoms. The molecule has 3 rings (SSSR count). The van der Waals surface area contributed by atoms with Crippen molar-refractivity contribution in [2.45, 2.75) is 45.3 Å². The van der Waals surface area contributed by atoms with Gasteiger partial charge in [0.25, 0.3) is 0 Å². The van der Waals surface area contributed by atoms with Gasteiger partial charge in [-0.05, 0) is 74.0 Å². The third-order valence-corrected chi connectivity index (χ3v) is 6.33. The van der Waals surface area contributed by atoms with Crippen LogP contribution in [0, 0.1) is 13.8 Å². The second-order valence-corrected chi connectivity index (χ2v) is 9.05. The Balaban J connectivity index is 1.53. The highest BCUT2D eigenvalue weighted by Gasteiger charge is 2.19. The zero-order valence-corrected chi connectivity index (χ0v) is 20.5. The summed E-state index contributed by atoms with van der Waals surface area (Å²) in [5, 5.41) is 31.0. The molecule has 7 nitrogen and oxygen atoms in total. The molecule has 34 heavy (non-hydrogen) atoms. The highest BCUT2D eigenvalue weighted by molar-refractivity contribution is 5.74.